The van der Waals surface area contributed by atoms with Crippen molar-refractivity contribution >= 4 is 17.9 Å². The molecule has 1 atom stereocenters. The van der Waals surface area contributed by atoms with Crippen LogP contribution in [-0.2, 0) is 28.6 Å². The Morgan fingerprint density at radius 1 is 0.200 bits per heavy atom. The summed E-state index contributed by atoms with van der Waals surface area (Å²) in [5.41, 5.74) is 0. The van der Waals surface area contributed by atoms with E-state index < -0.39 is 6.10 Å². The fourth-order valence-corrected chi connectivity index (χ4v) is 11.8. The van der Waals surface area contributed by atoms with Gasteiger partial charge in [-0.05, 0) is 19.3 Å². The second-order valence-electron chi connectivity index (χ2n) is 25.6. The summed E-state index contributed by atoms with van der Waals surface area (Å²) in [6.45, 7) is 6.76. The zero-order chi connectivity index (χ0) is 57.8. The highest BCUT2D eigenvalue weighted by Crippen LogP contribution is 2.20. The Balaban J connectivity index is 4.21. The monoisotopic (exact) mass is 1130 g/mol. The van der Waals surface area contributed by atoms with Gasteiger partial charge in [0.05, 0.1) is 0 Å². The standard InChI is InChI=1S/C74H144O6/c1-4-7-10-13-16-19-22-25-28-31-34-35-36-37-38-39-40-41-44-46-49-52-55-58-61-64-67-73(76)79-70-71(80-74(77)68-65-62-59-56-53-50-47-43-33-30-27-24-21-18-15-12-9-6-3)69-78-72(75)66-63-60-57-54-51-48-45-42-32-29-26-23-20-17-14-11-8-5-2/h71H,4-70H2,1-3H3. The van der Waals surface area contributed by atoms with Gasteiger partial charge in [0.2, 0.25) is 0 Å². The van der Waals surface area contributed by atoms with Crippen molar-refractivity contribution in [3.63, 3.8) is 0 Å². The number of ether oxygens (including phenoxy) is 3. The van der Waals surface area contributed by atoms with E-state index in [1.165, 1.54) is 340 Å². The van der Waals surface area contributed by atoms with Crippen LogP contribution in [0, 0.1) is 0 Å². The fraction of sp³-hybridized carbons (Fsp3) is 0.959. The topological polar surface area (TPSA) is 78.9 Å². The maximum atomic E-state index is 13.0. The van der Waals surface area contributed by atoms with Crippen LogP contribution < -0.4 is 0 Å². The average molecular weight is 1130 g/mol. The molecule has 0 saturated heterocycles. The van der Waals surface area contributed by atoms with Gasteiger partial charge in [-0.15, -0.1) is 0 Å². The molecule has 6 heteroatoms. The van der Waals surface area contributed by atoms with Crippen LogP contribution in [0.3, 0.4) is 0 Å². The van der Waals surface area contributed by atoms with E-state index in [0.717, 1.165) is 57.8 Å². The van der Waals surface area contributed by atoms with Gasteiger partial charge in [0.15, 0.2) is 6.10 Å². The van der Waals surface area contributed by atoms with E-state index in [9.17, 15) is 14.4 Å². The van der Waals surface area contributed by atoms with Crippen LogP contribution in [0.1, 0.15) is 438 Å². The van der Waals surface area contributed by atoms with Crippen LogP contribution >= 0.6 is 0 Å². The molecule has 0 heterocycles. The van der Waals surface area contributed by atoms with Crippen molar-refractivity contribution in [3.8, 4) is 0 Å². The van der Waals surface area contributed by atoms with Crippen molar-refractivity contribution in [3.05, 3.63) is 0 Å². The molecule has 0 aromatic rings. The van der Waals surface area contributed by atoms with E-state index in [4.69, 9.17) is 14.2 Å². The maximum Gasteiger partial charge on any atom is 0.306 e. The second kappa shape index (κ2) is 69.9. The number of esters is 3. The normalized spacial score (nSPS) is 11.9. The minimum Gasteiger partial charge on any atom is -0.462 e. The first kappa shape index (κ1) is 78.4. The van der Waals surface area contributed by atoms with Gasteiger partial charge in [0.1, 0.15) is 13.2 Å². The molecule has 0 bridgehead atoms. The molecule has 6 nitrogen and oxygen atoms in total. The van der Waals surface area contributed by atoms with Crippen molar-refractivity contribution < 1.29 is 28.6 Å². The molecule has 0 rings (SSSR count). The summed E-state index contributed by atoms with van der Waals surface area (Å²) in [5, 5.41) is 0. The lowest BCUT2D eigenvalue weighted by Crippen LogP contribution is -2.30. The van der Waals surface area contributed by atoms with E-state index in [1.54, 1.807) is 0 Å². The molecule has 0 amide bonds. The summed E-state index contributed by atoms with van der Waals surface area (Å²) in [6, 6.07) is 0. The molecule has 0 fully saturated rings. The Morgan fingerprint density at radius 2 is 0.338 bits per heavy atom. The van der Waals surface area contributed by atoms with Crippen LogP contribution in [0.5, 0.6) is 0 Å². The average Bonchev–Trinajstić information content (AvgIpc) is 3.46. The van der Waals surface area contributed by atoms with Crippen LogP contribution in [-0.4, -0.2) is 37.2 Å². The molecular weight excluding hydrogens is 985 g/mol. The molecule has 476 valence electrons. The molecule has 0 aliphatic heterocycles. The van der Waals surface area contributed by atoms with Gasteiger partial charge in [-0.1, -0.05) is 400 Å². The molecule has 0 aromatic carbocycles. The molecule has 0 N–H and O–H groups in total. The SMILES string of the molecule is CCCCCCCCCCCCCCCCCCCCCCCCCCCCC(=O)OCC(COC(=O)CCCCCCCCCCCCCCCCCCCC)OC(=O)CCCCCCCCCCCCCCCCCCCC. The van der Waals surface area contributed by atoms with E-state index in [0.29, 0.717) is 19.3 Å². The molecule has 0 aromatic heterocycles. The number of carbonyl (C=O) groups excluding carboxylic acids is 3. The lowest BCUT2D eigenvalue weighted by Gasteiger charge is -2.18. The molecule has 0 aliphatic rings. The number of carbonyl (C=O) groups is 3. The Bertz CT molecular complexity index is 1200. The van der Waals surface area contributed by atoms with Gasteiger partial charge in [-0.25, -0.2) is 0 Å². The van der Waals surface area contributed by atoms with Gasteiger partial charge < -0.3 is 14.2 Å². The summed E-state index contributed by atoms with van der Waals surface area (Å²) in [5.74, 6) is -0.815. The van der Waals surface area contributed by atoms with Crippen molar-refractivity contribution in [2.24, 2.45) is 0 Å². The van der Waals surface area contributed by atoms with Gasteiger partial charge >= 0.3 is 17.9 Å². The summed E-state index contributed by atoms with van der Waals surface area (Å²) in [4.78, 5) is 38.5. The van der Waals surface area contributed by atoms with Crippen LogP contribution in [0.15, 0.2) is 0 Å². The lowest BCUT2D eigenvalue weighted by atomic mass is 10.0. The maximum absolute atomic E-state index is 13.0. The van der Waals surface area contributed by atoms with Gasteiger partial charge in [0, 0.05) is 19.3 Å². The van der Waals surface area contributed by atoms with Crippen LogP contribution in [0.25, 0.3) is 0 Å². The van der Waals surface area contributed by atoms with Crippen molar-refractivity contribution in [1.29, 1.82) is 0 Å². The molecule has 0 spiro atoms. The summed E-state index contributed by atoms with van der Waals surface area (Å²) in [6.07, 6.45) is 82.8. The third kappa shape index (κ3) is 67.2. The first-order chi connectivity index (χ1) is 39.5. The zero-order valence-corrected chi connectivity index (χ0v) is 54.9. The fourth-order valence-electron chi connectivity index (χ4n) is 11.8. The smallest absolute Gasteiger partial charge is 0.306 e. The Hall–Kier alpha value is -1.59. The van der Waals surface area contributed by atoms with Gasteiger partial charge in [-0.3, -0.25) is 14.4 Å². The Kier molecular flexibility index (Phi) is 68.5. The molecular formula is C74H144O6. The van der Waals surface area contributed by atoms with Crippen LogP contribution in [0.4, 0.5) is 0 Å². The van der Waals surface area contributed by atoms with Crippen LogP contribution in [0.2, 0.25) is 0 Å². The van der Waals surface area contributed by atoms with Gasteiger partial charge in [-0.2, -0.15) is 0 Å². The minimum atomic E-state index is -0.764. The van der Waals surface area contributed by atoms with Crippen molar-refractivity contribution in [1.82, 2.24) is 0 Å². The largest absolute Gasteiger partial charge is 0.462 e. The van der Waals surface area contributed by atoms with E-state index in [1.807, 2.05) is 0 Å². The molecule has 0 aliphatic carbocycles. The summed E-state index contributed by atoms with van der Waals surface area (Å²) < 4.78 is 17.0. The third-order valence-corrected chi connectivity index (χ3v) is 17.4. The first-order valence-corrected chi connectivity index (χ1v) is 37.0. The number of hydrogen-bond donors (Lipinski definition) is 0. The molecule has 80 heavy (non-hydrogen) atoms. The Morgan fingerprint density at radius 3 is 0.500 bits per heavy atom. The number of hydrogen-bond acceptors (Lipinski definition) is 6. The number of unbranched alkanes of at least 4 members (excludes halogenated alkanes) is 59. The molecule has 0 radical (unpaired) electrons. The summed E-state index contributed by atoms with van der Waals surface area (Å²) in [7, 11) is 0. The first-order valence-electron chi connectivity index (χ1n) is 37.0. The quantitative estimate of drug-likeness (QED) is 0.0343. The number of rotatable bonds is 70. The third-order valence-electron chi connectivity index (χ3n) is 17.4. The predicted molar refractivity (Wildman–Crippen MR) is 349 cm³/mol. The van der Waals surface area contributed by atoms with Crippen molar-refractivity contribution in [2.75, 3.05) is 13.2 Å². The van der Waals surface area contributed by atoms with E-state index >= 15 is 0 Å². The highest BCUT2D eigenvalue weighted by Gasteiger charge is 2.20. The molecule has 1 unspecified atom stereocenters. The zero-order valence-electron chi connectivity index (χ0n) is 54.9. The highest BCUT2D eigenvalue weighted by molar-refractivity contribution is 5.71. The Labute approximate surface area is 501 Å². The summed E-state index contributed by atoms with van der Waals surface area (Å²) >= 11 is 0. The second-order valence-corrected chi connectivity index (χ2v) is 25.6. The van der Waals surface area contributed by atoms with Crippen molar-refractivity contribution in [2.45, 2.75) is 444 Å². The van der Waals surface area contributed by atoms with E-state index in [2.05, 4.69) is 20.8 Å². The van der Waals surface area contributed by atoms with E-state index in [-0.39, 0.29) is 31.1 Å². The highest BCUT2D eigenvalue weighted by atomic mass is 16.6. The minimum absolute atomic E-state index is 0.0599. The predicted octanol–water partition coefficient (Wildman–Crippen LogP) is 25.4. The van der Waals surface area contributed by atoms with Gasteiger partial charge in [0.25, 0.3) is 0 Å². The molecule has 0 saturated carbocycles. The lowest BCUT2D eigenvalue weighted by molar-refractivity contribution is -0.167.